The van der Waals surface area contributed by atoms with Gasteiger partial charge in [-0.15, -0.1) is 0 Å². The minimum Gasteiger partial charge on any atom is -0.340 e. The Labute approximate surface area is 355 Å². The summed E-state index contributed by atoms with van der Waals surface area (Å²) in [5.41, 5.74) is -12.3. The van der Waals surface area contributed by atoms with E-state index in [-0.39, 0.29) is 24.0 Å². The molecule has 0 bridgehead atoms. The van der Waals surface area contributed by atoms with Crippen molar-refractivity contribution in [1.82, 2.24) is 0 Å². The van der Waals surface area contributed by atoms with Crippen LogP contribution in [0.25, 0.3) is 0 Å². The van der Waals surface area contributed by atoms with Gasteiger partial charge >= 0.3 is 0 Å². The molecule has 0 atom stereocenters. The van der Waals surface area contributed by atoms with E-state index in [2.05, 4.69) is 0 Å². The molecule has 0 fully saturated rings. The standard InChI is InChI=1S/C52H32F10O/c53-41-25-9-21-37(47(41)59)51(38-22-10-26-42(54)48(38)60,35-19-7-17-33(45(35)57)29-31-13-3-1-4-14-31)63-52(39-23-11-27-43(55)49(39)61,40-24-12-28-44(56)50(40)62)36-20-8-18-34(46(36)58)30-32-15-5-2-6-16-32/h1-28H,29-30H2. The largest absolute Gasteiger partial charge is 0.340 e. The van der Waals surface area contributed by atoms with E-state index in [1.165, 1.54) is 24.3 Å². The van der Waals surface area contributed by atoms with Gasteiger partial charge in [-0.1, -0.05) is 146 Å². The second-order valence-electron chi connectivity index (χ2n) is 14.8. The van der Waals surface area contributed by atoms with Crippen LogP contribution >= 0.6 is 0 Å². The lowest BCUT2D eigenvalue weighted by Gasteiger charge is -2.46. The van der Waals surface area contributed by atoms with Crippen LogP contribution in [0, 0.1) is 58.2 Å². The van der Waals surface area contributed by atoms with Crippen LogP contribution in [0.5, 0.6) is 0 Å². The summed E-state index contributed by atoms with van der Waals surface area (Å²) < 4.78 is 174. The maximum absolute atomic E-state index is 17.9. The van der Waals surface area contributed by atoms with Crippen LogP contribution in [0.3, 0.4) is 0 Å². The summed E-state index contributed by atoms with van der Waals surface area (Å²) in [4.78, 5) is 0. The normalized spacial score (nSPS) is 11.8. The second-order valence-corrected chi connectivity index (χ2v) is 14.8. The van der Waals surface area contributed by atoms with E-state index >= 15 is 43.9 Å². The molecule has 8 aromatic carbocycles. The van der Waals surface area contributed by atoms with Gasteiger partial charge in [-0.3, -0.25) is 0 Å². The molecule has 0 saturated carbocycles. The number of rotatable bonds is 12. The number of hydrogen-bond donors (Lipinski definition) is 0. The van der Waals surface area contributed by atoms with E-state index in [0.29, 0.717) is 35.4 Å². The predicted octanol–water partition coefficient (Wildman–Crippen LogP) is 13.6. The lowest BCUT2D eigenvalue weighted by molar-refractivity contribution is -0.0909. The SMILES string of the molecule is Fc1cccc(C(OC(c2cccc(F)c2F)(c2cccc(F)c2F)c2cccc(Cc3ccccc3)c2F)(c2cccc(F)c2F)c2cccc(Cc3ccccc3)c2F)c1F. The van der Waals surface area contributed by atoms with Crippen molar-refractivity contribution >= 4 is 0 Å². The summed E-state index contributed by atoms with van der Waals surface area (Å²) in [7, 11) is 0. The Morgan fingerprint density at radius 1 is 0.270 bits per heavy atom. The van der Waals surface area contributed by atoms with Crippen molar-refractivity contribution in [3.05, 3.63) is 284 Å². The molecule has 0 aromatic heterocycles. The Morgan fingerprint density at radius 2 is 0.524 bits per heavy atom. The number of hydrogen-bond acceptors (Lipinski definition) is 1. The van der Waals surface area contributed by atoms with Crippen LogP contribution in [0.15, 0.2) is 170 Å². The molecule has 0 saturated heterocycles. The lowest BCUT2D eigenvalue weighted by atomic mass is 9.73. The molecule has 8 aromatic rings. The molecule has 316 valence electrons. The molecular weight excluding hydrogens is 831 g/mol. The van der Waals surface area contributed by atoms with Gasteiger partial charge in [0.15, 0.2) is 57.7 Å². The monoisotopic (exact) mass is 862 g/mol. The zero-order valence-electron chi connectivity index (χ0n) is 32.8. The van der Waals surface area contributed by atoms with Crippen molar-refractivity contribution < 1.29 is 48.6 Å². The third-order valence-corrected chi connectivity index (χ3v) is 11.0. The first-order chi connectivity index (χ1) is 30.4. The molecule has 0 N–H and O–H groups in total. The van der Waals surface area contributed by atoms with Crippen LogP contribution in [0.1, 0.15) is 55.6 Å². The molecule has 0 amide bonds. The van der Waals surface area contributed by atoms with Gasteiger partial charge in [-0.05, 0) is 46.5 Å². The van der Waals surface area contributed by atoms with Gasteiger partial charge in [-0.2, -0.15) is 0 Å². The van der Waals surface area contributed by atoms with Crippen molar-refractivity contribution in [3.8, 4) is 0 Å². The van der Waals surface area contributed by atoms with Crippen molar-refractivity contribution in [2.45, 2.75) is 24.0 Å². The number of benzene rings is 8. The highest BCUT2D eigenvalue weighted by Gasteiger charge is 2.56. The average molecular weight is 863 g/mol. The molecule has 11 heteroatoms. The summed E-state index contributed by atoms with van der Waals surface area (Å²) >= 11 is 0. The highest BCUT2D eigenvalue weighted by molar-refractivity contribution is 5.56. The van der Waals surface area contributed by atoms with Crippen LogP contribution in [-0.2, 0) is 28.8 Å². The van der Waals surface area contributed by atoms with E-state index in [1.54, 1.807) is 60.7 Å². The van der Waals surface area contributed by atoms with Gasteiger partial charge in [0.05, 0.1) is 0 Å². The van der Waals surface area contributed by atoms with Gasteiger partial charge in [-0.25, -0.2) is 43.9 Å². The lowest BCUT2D eigenvalue weighted by Crippen LogP contribution is -2.47. The first-order valence-corrected chi connectivity index (χ1v) is 19.5. The summed E-state index contributed by atoms with van der Waals surface area (Å²) in [5, 5.41) is 0. The minimum atomic E-state index is -3.46. The predicted molar refractivity (Wildman–Crippen MR) is 218 cm³/mol. The maximum atomic E-state index is 17.9. The fourth-order valence-electron chi connectivity index (χ4n) is 8.14. The summed E-state index contributed by atoms with van der Waals surface area (Å²) in [5.74, 6) is -16.4. The van der Waals surface area contributed by atoms with Gasteiger partial charge in [0.25, 0.3) is 0 Å². The van der Waals surface area contributed by atoms with Crippen LogP contribution in [0.2, 0.25) is 0 Å². The minimum absolute atomic E-state index is 0.157. The zero-order valence-corrected chi connectivity index (χ0v) is 32.8. The van der Waals surface area contributed by atoms with Gasteiger partial charge in [0, 0.05) is 46.2 Å². The molecule has 0 unspecified atom stereocenters. The molecule has 0 aliphatic carbocycles. The third kappa shape index (κ3) is 7.56. The summed E-state index contributed by atoms with van der Waals surface area (Å²) in [6.45, 7) is 0. The van der Waals surface area contributed by atoms with E-state index in [4.69, 9.17) is 4.74 Å². The van der Waals surface area contributed by atoms with Crippen LogP contribution in [-0.4, -0.2) is 0 Å². The van der Waals surface area contributed by atoms with Crippen molar-refractivity contribution in [1.29, 1.82) is 0 Å². The quantitative estimate of drug-likeness (QED) is 0.0878. The Balaban J connectivity index is 1.60. The van der Waals surface area contributed by atoms with Crippen LogP contribution < -0.4 is 0 Å². The summed E-state index contributed by atoms with van der Waals surface area (Å²) in [6.07, 6.45) is -0.349. The average Bonchev–Trinajstić information content (AvgIpc) is 3.28. The molecule has 0 spiro atoms. The number of ether oxygens (including phenoxy) is 1. The first-order valence-electron chi connectivity index (χ1n) is 19.5. The molecule has 8 rings (SSSR count). The highest BCUT2D eigenvalue weighted by atomic mass is 19.2. The Kier molecular flexibility index (Phi) is 11.8. The van der Waals surface area contributed by atoms with E-state index in [1.807, 2.05) is 0 Å². The fourth-order valence-corrected chi connectivity index (χ4v) is 8.14. The van der Waals surface area contributed by atoms with Crippen molar-refractivity contribution in [2.24, 2.45) is 0 Å². The van der Waals surface area contributed by atoms with Crippen molar-refractivity contribution in [2.75, 3.05) is 0 Å². The first kappa shape index (κ1) is 42.7. The van der Waals surface area contributed by atoms with E-state index in [0.717, 1.165) is 60.7 Å². The maximum Gasteiger partial charge on any atom is 0.165 e. The van der Waals surface area contributed by atoms with E-state index in [9.17, 15) is 0 Å². The Morgan fingerprint density at radius 3 is 0.810 bits per heavy atom. The highest BCUT2D eigenvalue weighted by Crippen LogP contribution is 2.55. The fraction of sp³-hybridized carbons (Fsp3) is 0.0769. The van der Waals surface area contributed by atoms with E-state index < -0.39 is 103 Å². The molecule has 0 heterocycles. The van der Waals surface area contributed by atoms with Crippen molar-refractivity contribution in [3.63, 3.8) is 0 Å². The van der Waals surface area contributed by atoms with Crippen LogP contribution in [0.4, 0.5) is 43.9 Å². The second kappa shape index (κ2) is 17.4. The van der Waals surface area contributed by atoms with Gasteiger partial charge in [0.2, 0.25) is 0 Å². The molecule has 0 aliphatic heterocycles. The smallest absolute Gasteiger partial charge is 0.165 e. The Hall–Kier alpha value is -6.98. The number of halogens is 10. The summed E-state index contributed by atoms with van der Waals surface area (Å²) in [6, 6.07) is 33.5. The zero-order chi connectivity index (χ0) is 44.5. The molecule has 1 nitrogen and oxygen atoms in total. The van der Waals surface area contributed by atoms with Gasteiger partial charge in [0.1, 0.15) is 11.6 Å². The Bertz CT molecular complexity index is 2650. The molecule has 0 radical (unpaired) electrons. The molecule has 63 heavy (non-hydrogen) atoms. The van der Waals surface area contributed by atoms with Gasteiger partial charge < -0.3 is 4.74 Å². The topological polar surface area (TPSA) is 9.23 Å². The molecular formula is C52H32F10O. The molecule has 0 aliphatic rings. The third-order valence-electron chi connectivity index (χ3n) is 11.0.